The van der Waals surface area contributed by atoms with Crippen molar-refractivity contribution in [2.24, 2.45) is 17.8 Å². The average molecular weight is 1180 g/mol. The Morgan fingerprint density at radius 3 is 1.45 bits per heavy atom. The summed E-state index contributed by atoms with van der Waals surface area (Å²) in [5.41, 5.74) is 12.4. The normalized spacial score (nSPS) is 25.7. The van der Waals surface area contributed by atoms with Crippen LogP contribution in [0, 0.1) is 17.8 Å². The van der Waals surface area contributed by atoms with Crippen molar-refractivity contribution in [3.8, 4) is 17.1 Å². The van der Waals surface area contributed by atoms with Crippen LogP contribution in [-0.2, 0) is 57.9 Å². The molecule has 2 saturated carbocycles. The van der Waals surface area contributed by atoms with Gasteiger partial charge in [-0.3, -0.25) is 23.3 Å². The zero-order valence-corrected chi connectivity index (χ0v) is 46.4. The SMILES string of the molecule is C.CC.CC12C/C(=C/O)C(=O)CC1CCc1c2nc(Br)n1-c1ccccc1.CC12CCC(=O)CC1CCc1c2nc(Br)n1-c1ccccc1.CC12Cc3cnoc3CC1CCc1c2nc(Br)n1-c1ccccc1. The molecule has 7 aromatic rings. The number of aromatic nitrogens is 7. The number of imidazole rings is 3. The van der Waals surface area contributed by atoms with Gasteiger partial charge in [-0.25, -0.2) is 15.0 Å². The van der Waals surface area contributed by atoms with E-state index < -0.39 is 0 Å². The Bertz CT molecular complexity index is 3160. The fraction of sp³-hybridized carbons (Fsp3) is 0.424. The van der Waals surface area contributed by atoms with Gasteiger partial charge in [0.05, 0.1) is 29.5 Å². The van der Waals surface area contributed by atoms with E-state index in [2.05, 4.69) is 148 Å². The van der Waals surface area contributed by atoms with Gasteiger partial charge in [-0.05, 0) is 160 Å². The average Bonchev–Trinajstić information content (AvgIpc) is 4.18. The van der Waals surface area contributed by atoms with Crippen LogP contribution in [0.1, 0.15) is 139 Å². The minimum atomic E-state index is -0.210. The number of benzene rings is 3. The van der Waals surface area contributed by atoms with Crippen molar-refractivity contribution < 1.29 is 19.2 Å². The van der Waals surface area contributed by atoms with Crippen LogP contribution in [0.15, 0.2) is 128 Å². The molecule has 11 nitrogen and oxygen atoms in total. The zero-order chi connectivity index (χ0) is 50.5. The molecule has 73 heavy (non-hydrogen) atoms. The van der Waals surface area contributed by atoms with E-state index >= 15 is 0 Å². The first-order valence-electron chi connectivity index (χ1n) is 25.6. The Balaban J connectivity index is 0.000000132. The summed E-state index contributed by atoms with van der Waals surface area (Å²) < 4.78 is 14.7. The van der Waals surface area contributed by atoms with Gasteiger partial charge in [0.15, 0.2) is 20.0 Å². The molecule has 6 aliphatic carbocycles. The number of hydrogen-bond donors (Lipinski definition) is 1. The zero-order valence-electron chi connectivity index (χ0n) is 41.7. The van der Waals surface area contributed by atoms with Gasteiger partial charge >= 0.3 is 0 Å². The molecule has 0 amide bonds. The van der Waals surface area contributed by atoms with Crippen LogP contribution in [0.4, 0.5) is 0 Å². The van der Waals surface area contributed by atoms with Gasteiger partial charge in [0.2, 0.25) is 0 Å². The third-order valence-corrected chi connectivity index (χ3v) is 18.6. The van der Waals surface area contributed by atoms with E-state index in [9.17, 15) is 14.7 Å². The Labute approximate surface area is 454 Å². The van der Waals surface area contributed by atoms with Gasteiger partial charge in [-0.15, -0.1) is 0 Å². The third kappa shape index (κ3) is 9.29. The number of rotatable bonds is 3. The van der Waals surface area contributed by atoms with Crippen LogP contribution in [0.5, 0.6) is 0 Å². The van der Waals surface area contributed by atoms with E-state index in [4.69, 9.17) is 19.5 Å². The number of aliphatic hydroxyl groups is 1. The van der Waals surface area contributed by atoms with Crippen LogP contribution in [0.2, 0.25) is 0 Å². The quantitative estimate of drug-likeness (QED) is 0.137. The molecule has 6 aliphatic rings. The maximum atomic E-state index is 12.2. The van der Waals surface area contributed by atoms with Crippen molar-refractivity contribution in [3.05, 3.63) is 169 Å². The molecule has 6 unspecified atom stereocenters. The van der Waals surface area contributed by atoms with E-state index in [-0.39, 0.29) is 35.4 Å². The van der Waals surface area contributed by atoms with Crippen LogP contribution < -0.4 is 0 Å². The number of carbonyl (C=O) groups excluding carboxylic acids is 2. The lowest BCUT2D eigenvalue weighted by Crippen LogP contribution is -2.43. The summed E-state index contributed by atoms with van der Waals surface area (Å²) in [5.74, 6) is 2.87. The van der Waals surface area contributed by atoms with Crippen molar-refractivity contribution in [1.82, 2.24) is 33.8 Å². The van der Waals surface area contributed by atoms with Gasteiger partial charge in [0, 0.05) is 87.2 Å². The molecule has 6 atom stereocenters. The summed E-state index contributed by atoms with van der Waals surface area (Å²) in [6.45, 7) is 10.8. The van der Waals surface area contributed by atoms with Gasteiger partial charge in [-0.2, -0.15) is 0 Å². The molecule has 4 aromatic heterocycles. The van der Waals surface area contributed by atoms with Gasteiger partial charge < -0.3 is 9.63 Å². The molecule has 0 saturated heterocycles. The van der Waals surface area contributed by atoms with E-state index in [1.165, 1.54) is 39.7 Å². The Morgan fingerprint density at radius 1 is 0.589 bits per heavy atom. The first-order valence-corrected chi connectivity index (χ1v) is 28.0. The van der Waals surface area contributed by atoms with Gasteiger partial charge in [0.1, 0.15) is 11.5 Å². The summed E-state index contributed by atoms with van der Waals surface area (Å²) in [6.07, 6.45) is 14.4. The molecule has 0 bridgehead atoms. The van der Waals surface area contributed by atoms with E-state index in [0.29, 0.717) is 42.5 Å². The highest BCUT2D eigenvalue weighted by molar-refractivity contribution is 9.10. The Hall–Kier alpha value is -5.18. The molecule has 0 aliphatic heterocycles. The van der Waals surface area contributed by atoms with Crippen molar-refractivity contribution in [2.75, 3.05) is 0 Å². The maximum absolute atomic E-state index is 12.2. The number of carbonyl (C=O) groups is 2. The third-order valence-electron chi connectivity index (χ3n) is 17.0. The standard InChI is InChI=1S/C19H18BrN3O.C19H19BrN2O2.C18H19BrN2O.C2H6.CH4/c1-19-10-12-11-21-24-16(12)9-13(19)7-8-15-17(19)22-18(20)23(15)14-5-3-2-4-6-14;1-19-10-12(11-23)16(24)9-13(19)7-8-15-17(19)21-18(20)22(15)14-5-3-2-4-6-14;1-18-10-9-14(22)11-12(18)7-8-15-16(18)20-17(19)21(15)13-5-3-2-4-6-13;1-2;/h2-6,11,13H,7-10H2,1H3;2-6,11,13,23H,7-10H2,1H3;2-6,12H,7-11H2,1H3;1-2H3;1H4/b;12-11-;;;. The molecule has 2 fully saturated rings. The predicted octanol–water partition coefficient (Wildman–Crippen LogP) is 14.4. The monoisotopic (exact) mass is 1170 g/mol. The topological polar surface area (TPSA) is 134 Å². The number of ketones is 2. The largest absolute Gasteiger partial charge is 0.515 e. The van der Waals surface area contributed by atoms with Crippen molar-refractivity contribution in [1.29, 1.82) is 0 Å². The predicted molar refractivity (Wildman–Crippen MR) is 297 cm³/mol. The number of nitrogens with zero attached hydrogens (tertiary/aromatic N) is 7. The molecule has 4 heterocycles. The molecule has 0 spiro atoms. The minimum absolute atomic E-state index is 0. The molecule has 14 heteroatoms. The van der Waals surface area contributed by atoms with Crippen molar-refractivity contribution in [3.63, 3.8) is 0 Å². The summed E-state index contributed by atoms with van der Waals surface area (Å²) in [5, 5.41) is 13.4. The van der Waals surface area contributed by atoms with Crippen molar-refractivity contribution >= 4 is 59.4 Å². The van der Waals surface area contributed by atoms with Gasteiger partial charge in [0.25, 0.3) is 0 Å². The highest BCUT2D eigenvalue weighted by Crippen LogP contribution is 2.53. The number of aliphatic hydroxyl groups excluding tert-OH is 1. The Kier molecular flexibility index (Phi) is 15.3. The molecule has 1 N–H and O–H groups in total. The summed E-state index contributed by atoms with van der Waals surface area (Å²) >= 11 is 11.0. The van der Waals surface area contributed by atoms with E-state index in [0.717, 1.165) is 108 Å². The smallest absolute Gasteiger partial charge is 0.182 e. The summed E-state index contributed by atoms with van der Waals surface area (Å²) in [6, 6.07) is 31.0. The molecule has 0 radical (unpaired) electrons. The van der Waals surface area contributed by atoms with Crippen LogP contribution >= 0.6 is 47.8 Å². The van der Waals surface area contributed by atoms with Crippen LogP contribution in [0.3, 0.4) is 0 Å². The lowest BCUT2D eigenvalue weighted by atomic mass is 9.59. The summed E-state index contributed by atoms with van der Waals surface area (Å²) in [7, 11) is 0. The van der Waals surface area contributed by atoms with Gasteiger partial charge in [-0.1, -0.05) is 102 Å². The molecular formula is C59H66Br3N7O4. The van der Waals surface area contributed by atoms with Crippen LogP contribution in [-0.4, -0.2) is 50.5 Å². The van der Waals surface area contributed by atoms with E-state index in [1.54, 1.807) is 0 Å². The minimum Gasteiger partial charge on any atom is -0.515 e. The first kappa shape index (κ1) is 52.7. The Morgan fingerprint density at radius 2 is 1.00 bits per heavy atom. The molecule has 382 valence electrons. The van der Waals surface area contributed by atoms with Crippen molar-refractivity contribution in [2.45, 2.75) is 142 Å². The molecule has 13 rings (SSSR count). The number of halogens is 3. The number of hydrogen-bond acceptors (Lipinski definition) is 8. The summed E-state index contributed by atoms with van der Waals surface area (Å²) in [4.78, 5) is 38.7. The number of para-hydroxylation sites is 3. The molecule has 3 aromatic carbocycles. The second-order valence-corrected chi connectivity index (χ2v) is 23.0. The highest BCUT2D eigenvalue weighted by Gasteiger charge is 2.51. The molecular weight excluding hydrogens is 1110 g/mol. The highest BCUT2D eigenvalue weighted by atomic mass is 79.9. The lowest BCUT2D eigenvalue weighted by Gasteiger charge is -2.44. The maximum Gasteiger partial charge on any atom is 0.182 e. The van der Waals surface area contributed by atoms with E-state index in [1.807, 2.05) is 50.4 Å². The number of Topliss-reactive ketones (excluding diaryl/α,β-unsaturated/α-hetero) is 2. The second kappa shape index (κ2) is 21.2. The lowest BCUT2D eigenvalue weighted by molar-refractivity contribution is -0.123. The number of fused-ring (bicyclic) bond motifs is 10. The first-order chi connectivity index (χ1) is 34.8. The fourth-order valence-electron chi connectivity index (χ4n) is 13.0. The van der Waals surface area contributed by atoms with Crippen LogP contribution in [0.25, 0.3) is 17.1 Å². The fourth-order valence-corrected chi connectivity index (χ4v) is 14.8. The number of allylic oxidation sites excluding steroid dienone is 1. The second-order valence-electron chi connectivity index (χ2n) is 20.9.